The van der Waals surface area contributed by atoms with Crippen LogP contribution in [0.15, 0.2) is 0 Å². The molecule has 1 N–H and O–H groups in total. The second-order valence-corrected chi connectivity index (χ2v) is 5.81. The molecule has 1 amide bonds. The monoisotopic (exact) mass is 252 g/mol. The zero-order chi connectivity index (χ0) is 13.9. The maximum Gasteiger partial charge on any atom is 0.293 e. The molecule has 18 heavy (non-hydrogen) atoms. The van der Waals surface area contributed by atoms with Crippen molar-refractivity contribution < 1.29 is 4.79 Å². The molecule has 0 saturated carbocycles. The van der Waals surface area contributed by atoms with E-state index in [0.29, 0.717) is 0 Å². The Morgan fingerprint density at radius 1 is 1.44 bits per heavy atom. The van der Waals surface area contributed by atoms with Crippen LogP contribution in [0.25, 0.3) is 0 Å². The number of nitrogens with zero attached hydrogens (tertiary/aromatic N) is 3. The molecule has 0 aromatic carbocycles. The summed E-state index contributed by atoms with van der Waals surface area (Å²) < 4.78 is 0. The van der Waals surface area contributed by atoms with Crippen LogP contribution in [0.5, 0.6) is 0 Å². The molecule has 0 bridgehead atoms. The number of amides is 1. The molecule has 0 aliphatic heterocycles. The van der Waals surface area contributed by atoms with E-state index in [-0.39, 0.29) is 23.2 Å². The standard InChI is InChI=1S/C13H24N4O/c1-7-8-9(2)17(6)11(18)10-14-12(16-15-10)13(3,4)5/h9H,7-8H2,1-6H3,(H,14,15,16). The summed E-state index contributed by atoms with van der Waals surface area (Å²) in [5.74, 6) is 0.871. The van der Waals surface area contributed by atoms with Gasteiger partial charge in [-0.2, -0.15) is 0 Å². The average Bonchev–Trinajstić information content (AvgIpc) is 2.76. The number of H-pyrrole nitrogens is 1. The number of carbonyl (C=O) groups excluding carboxylic acids is 1. The van der Waals surface area contributed by atoms with Crippen molar-refractivity contribution in [3.8, 4) is 0 Å². The Hall–Kier alpha value is -1.39. The molecule has 1 rings (SSSR count). The first-order chi connectivity index (χ1) is 8.27. The van der Waals surface area contributed by atoms with Gasteiger partial charge >= 0.3 is 0 Å². The Balaban J connectivity index is 2.82. The van der Waals surface area contributed by atoms with E-state index in [9.17, 15) is 4.79 Å². The predicted octanol–water partition coefficient (Wildman–Crippen LogP) is 2.36. The van der Waals surface area contributed by atoms with E-state index in [0.717, 1.165) is 18.7 Å². The highest BCUT2D eigenvalue weighted by atomic mass is 16.2. The smallest absolute Gasteiger partial charge is 0.293 e. The first-order valence-corrected chi connectivity index (χ1v) is 6.47. The van der Waals surface area contributed by atoms with Gasteiger partial charge in [-0.3, -0.25) is 9.89 Å². The summed E-state index contributed by atoms with van der Waals surface area (Å²) in [6.45, 7) is 10.2. The molecule has 1 aromatic heterocycles. The van der Waals surface area contributed by atoms with Crippen molar-refractivity contribution in [2.75, 3.05) is 7.05 Å². The molecule has 5 heteroatoms. The average molecular weight is 252 g/mol. The summed E-state index contributed by atoms with van der Waals surface area (Å²) in [5, 5.41) is 6.86. The van der Waals surface area contributed by atoms with Crippen molar-refractivity contribution in [3.63, 3.8) is 0 Å². The predicted molar refractivity (Wildman–Crippen MR) is 71.5 cm³/mol. The van der Waals surface area contributed by atoms with Crippen LogP contribution < -0.4 is 0 Å². The van der Waals surface area contributed by atoms with Crippen LogP contribution >= 0.6 is 0 Å². The highest BCUT2D eigenvalue weighted by Gasteiger charge is 2.24. The summed E-state index contributed by atoms with van der Waals surface area (Å²) >= 11 is 0. The molecule has 0 aliphatic carbocycles. The van der Waals surface area contributed by atoms with Crippen LogP contribution in [0.3, 0.4) is 0 Å². The van der Waals surface area contributed by atoms with Gasteiger partial charge in [0.15, 0.2) is 0 Å². The first kappa shape index (κ1) is 14.7. The van der Waals surface area contributed by atoms with Gasteiger partial charge in [-0.05, 0) is 13.3 Å². The third-order valence-corrected chi connectivity index (χ3v) is 3.08. The van der Waals surface area contributed by atoms with Crippen LogP contribution in [0.1, 0.15) is 63.9 Å². The number of hydrogen-bond donors (Lipinski definition) is 1. The minimum absolute atomic E-state index is 0.122. The third kappa shape index (κ3) is 3.31. The van der Waals surface area contributed by atoms with E-state index < -0.39 is 0 Å². The third-order valence-electron chi connectivity index (χ3n) is 3.08. The zero-order valence-electron chi connectivity index (χ0n) is 12.2. The fourth-order valence-electron chi connectivity index (χ4n) is 1.66. The summed E-state index contributed by atoms with van der Waals surface area (Å²) in [4.78, 5) is 18.2. The van der Waals surface area contributed by atoms with Crippen molar-refractivity contribution >= 4 is 5.91 Å². The molecule has 1 unspecified atom stereocenters. The van der Waals surface area contributed by atoms with Gasteiger partial charge < -0.3 is 4.90 Å². The molecular weight excluding hydrogens is 228 g/mol. The number of rotatable bonds is 4. The van der Waals surface area contributed by atoms with Gasteiger partial charge in [-0.1, -0.05) is 34.1 Å². The highest BCUT2D eigenvalue weighted by Crippen LogP contribution is 2.18. The largest absolute Gasteiger partial charge is 0.336 e. The number of carbonyl (C=O) groups is 1. The van der Waals surface area contributed by atoms with Gasteiger partial charge in [0.25, 0.3) is 5.91 Å². The fraction of sp³-hybridized carbons (Fsp3) is 0.769. The Kier molecular flexibility index (Phi) is 4.48. The Morgan fingerprint density at radius 3 is 2.50 bits per heavy atom. The lowest BCUT2D eigenvalue weighted by molar-refractivity contribution is 0.0724. The Bertz CT molecular complexity index is 405. The fourth-order valence-corrected chi connectivity index (χ4v) is 1.66. The van der Waals surface area contributed by atoms with E-state index in [1.54, 1.807) is 11.9 Å². The van der Waals surface area contributed by atoms with Crippen LogP contribution in [0, 0.1) is 0 Å². The van der Waals surface area contributed by atoms with Crippen molar-refractivity contribution in [2.24, 2.45) is 0 Å². The number of hydrogen-bond acceptors (Lipinski definition) is 3. The zero-order valence-corrected chi connectivity index (χ0v) is 12.2. The molecule has 5 nitrogen and oxygen atoms in total. The lowest BCUT2D eigenvalue weighted by Crippen LogP contribution is -2.35. The minimum atomic E-state index is -0.126. The summed E-state index contributed by atoms with van der Waals surface area (Å²) in [6, 6.07) is 0.207. The molecule has 0 aliphatic rings. The van der Waals surface area contributed by atoms with E-state index >= 15 is 0 Å². The van der Waals surface area contributed by atoms with E-state index in [1.165, 1.54) is 0 Å². The van der Waals surface area contributed by atoms with Crippen molar-refractivity contribution in [2.45, 2.75) is 58.9 Å². The Labute approximate surface area is 109 Å². The molecule has 0 saturated heterocycles. The van der Waals surface area contributed by atoms with Crippen LogP contribution in [0.4, 0.5) is 0 Å². The van der Waals surface area contributed by atoms with Gasteiger partial charge in [-0.15, -0.1) is 5.10 Å². The van der Waals surface area contributed by atoms with Gasteiger partial charge in [0.1, 0.15) is 5.82 Å². The molecule has 0 radical (unpaired) electrons. The van der Waals surface area contributed by atoms with E-state index in [1.807, 2.05) is 27.7 Å². The molecule has 1 heterocycles. The Morgan fingerprint density at radius 2 is 2.06 bits per heavy atom. The molecular formula is C13H24N4O. The van der Waals surface area contributed by atoms with Gasteiger partial charge in [0, 0.05) is 18.5 Å². The summed E-state index contributed by atoms with van der Waals surface area (Å²) in [6.07, 6.45) is 2.04. The normalized spacial score (nSPS) is 13.4. The lowest BCUT2D eigenvalue weighted by Gasteiger charge is -2.23. The lowest BCUT2D eigenvalue weighted by atomic mass is 9.96. The quantitative estimate of drug-likeness (QED) is 0.894. The SMILES string of the molecule is CCCC(C)N(C)C(=O)c1n[nH]c(C(C)(C)C)n1. The van der Waals surface area contributed by atoms with Crippen molar-refractivity contribution in [1.29, 1.82) is 0 Å². The van der Waals surface area contributed by atoms with Crippen LogP contribution in [0.2, 0.25) is 0 Å². The van der Waals surface area contributed by atoms with Crippen molar-refractivity contribution in [3.05, 3.63) is 11.6 Å². The minimum Gasteiger partial charge on any atom is -0.336 e. The number of aromatic nitrogens is 3. The van der Waals surface area contributed by atoms with Gasteiger partial charge in [0.2, 0.25) is 5.82 Å². The topological polar surface area (TPSA) is 61.9 Å². The molecule has 1 atom stereocenters. The number of aromatic amines is 1. The molecule has 102 valence electrons. The maximum atomic E-state index is 12.2. The van der Waals surface area contributed by atoms with Crippen LogP contribution in [-0.4, -0.2) is 39.1 Å². The van der Waals surface area contributed by atoms with Crippen LogP contribution in [-0.2, 0) is 5.41 Å². The van der Waals surface area contributed by atoms with Gasteiger partial charge in [-0.25, -0.2) is 4.98 Å². The van der Waals surface area contributed by atoms with Crippen molar-refractivity contribution in [1.82, 2.24) is 20.1 Å². The molecule has 0 spiro atoms. The highest BCUT2D eigenvalue weighted by molar-refractivity contribution is 5.90. The number of nitrogens with one attached hydrogen (secondary N) is 1. The summed E-state index contributed by atoms with van der Waals surface area (Å²) in [7, 11) is 1.80. The molecule has 0 fully saturated rings. The first-order valence-electron chi connectivity index (χ1n) is 6.47. The summed E-state index contributed by atoms with van der Waals surface area (Å²) in [5.41, 5.74) is -0.126. The van der Waals surface area contributed by atoms with E-state index in [2.05, 4.69) is 22.1 Å². The van der Waals surface area contributed by atoms with Gasteiger partial charge in [0.05, 0.1) is 0 Å². The second-order valence-electron chi connectivity index (χ2n) is 5.81. The maximum absolute atomic E-state index is 12.2. The molecule has 1 aromatic rings. The van der Waals surface area contributed by atoms with E-state index in [4.69, 9.17) is 0 Å². The second kappa shape index (κ2) is 5.50.